The number of para-hydroxylation sites is 1. The molecule has 1 N–H and O–H groups in total. The average molecular weight is 385 g/mol. The van der Waals surface area contributed by atoms with Gasteiger partial charge in [0.2, 0.25) is 5.91 Å². The fraction of sp³-hybridized carbons (Fsp3) is 0.316. The summed E-state index contributed by atoms with van der Waals surface area (Å²) in [5.41, 5.74) is 1.18. The number of amides is 1. The quantitative estimate of drug-likeness (QED) is 0.748. The zero-order chi connectivity index (χ0) is 18.8. The number of aromatic nitrogens is 2. The number of nitrogens with zero attached hydrogens (tertiary/aromatic N) is 4. The predicted octanol–water partition coefficient (Wildman–Crippen LogP) is 2.98. The molecule has 1 aromatic carbocycles. The number of carbonyl (C=O) groups is 1. The van der Waals surface area contributed by atoms with Gasteiger partial charge in [0, 0.05) is 26.2 Å². The van der Waals surface area contributed by atoms with Gasteiger partial charge in [0.1, 0.15) is 18.0 Å². The second-order valence-electron chi connectivity index (χ2n) is 6.50. The molecule has 1 amide bonds. The molecule has 1 atom stereocenters. The van der Waals surface area contributed by atoms with Crippen molar-refractivity contribution < 1.29 is 9.18 Å². The topological polar surface area (TPSA) is 61.4 Å². The van der Waals surface area contributed by atoms with Crippen molar-refractivity contribution in [3.05, 3.63) is 47.9 Å². The fourth-order valence-corrected chi connectivity index (χ4v) is 4.15. The first kappa shape index (κ1) is 17.8. The van der Waals surface area contributed by atoms with E-state index in [4.69, 9.17) is 0 Å². The summed E-state index contributed by atoms with van der Waals surface area (Å²) in [7, 11) is 0. The zero-order valence-electron chi connectivity index (χ0n) is 14.9. The first-order chi connectivity index (χ1) is 13.1. The molecule has 3 aromatic rings. The van der Waals surface area contributed by atoms with Crippen LogP contribution in [0.15, 0.2) is 42.0 Å². The fourth-order valence-electron chi connectivity index (χ4n) is 3.29. The maximum Gasteiger partial charge on any atom is 0.241 e. The van der Waals surface area contributed by atoms with Crippen LogP contribution in [0, 0.1) is 5.82 Å². The van der Waals surface area contributed by atoms with Gasteiger partial charge in [0.05, 0.1) is 21.9 Å². The SMILES string of the molecule is C[C@@H](C(=O)Nc1ccccc1F)N1CCN(c2ncnc3ccsc23)CC1. The zero-order valence-corrected chi connectivity index (χ0v) is 15.7. The average Bonchev–Trinajstić information content (AvgIpc) is 3.18. The Morgan fingerprint density at radius 1 is 1.19 bits per heavy atom. The minimum atomic E-state index is -0.424. The van der Waals surface area contributed by atoms with Gasteiger partial charge in [-0.25, -0.2) is 14.4 Å². The molecule has 0 saturated carbocycles. The molecule has 1 aliphatic rings. The smallest absolute Gasteiger partial charge is 0.241 e. The van der Waals surface area contributed by atoms with Crippen LogP contribution in [0.3, 0.4) is 0 Å². The van der Waals surface area contributed by atoms with Gasteiger partial charge < -0.3 is 10.2 Å². The number of halogens is 1. The van der Waals surface area contributed by atoms with Crippen LogP contribution in [0.25, 0.3) is 10.2 Å². The van der Waals surface area contributed by atoms with Crippen molar-refractivity contribution in [1.29, 1.82) is 0 Å². The molecule has 3 heterocycles. The van der Waals surface area contributed by atoms with E-state index >= 15 is 0 Å². The Kier molecular flexibility index (Phi) is 5.00. The normalized spacial score (nSPS) is 16.4. The minimum Gasteiger partial charge on any atom is -0.353 e. The van der Waals surface area contributed by atoms with Crippen LogP contribution >= 0.6 is 11.3 Å². The number of carbonyl (C=O) groups excluding carboxylic acids is 1. The number of hydrogen-bond acceptors (Lipinski definition) is 6. The van der Waals surface area contributed by atoms with Gasteiger partial charge in [-0.05, 0) is 30.5 Å². The number of thiophene rings is 1. The minimum absolute atomic E-state index is 0.198. The van der Waals surface area contributed by atoms with E-state index < -0.39 is 5.82 Å². The Bertz CT molecular complexity index is 954. The number of nitrogens with one attached hydrogen (secondary N) is 1. The van der Waals surface area contributed by atoms with Gasteiger partial charge in [0.25, 0.3) is 0 Å². The van der Waals surface area contributed by atoms with Gasteiger partial charge in [-0.15, -0.1) is 11.3 Å². The Morgan fingerprint density at radius 2 is 1.96 bits per heavy atom. The lowest BCUT2D eigenvalue weighted by molar-refractivity contribution is -0.120. The number of hydrogen-bond donors (Lipinski definition) is 1. The molecule has 140 valence electrons. The lowest BCUT2D eigenvalue weighted by Crippen LogP contribution is -2.53. The van der Waals surface area contributed by atoms with E-state index in [1.807, 2.05) is 18.4 Å². The van der Waals surface area contributed by atoms with Gasteiger partial charge in [-0.1, -0.05) is 12.1 Å². The van der Waals surface area contributed by atoms with Crippen molar-refractivity contribution in [2.24, 2.45) is 0 Å². The third-order valence-corrected chi connectivity index (χ3v) is 5.80. The van der Waals surface area contributed by atoms with Crippen LogP contribution in [-0.2, 0) is 4.79 Å². The Morgan fingerprint density at radius 3 is 2.74 bits per heavy atom. The van der Waals surface area contributed by atoms with E-state index in [0.717, 1.165) is 42.2 Å². The van der Waals surface area contributed by atoms with Gasteiger partial charge in [0.15, 0.2) is 0 Å². The van der Waals surface area contributed by atoms with Crippen molar-refractivity contribution in [2.45, 2.75) is 13.0 Å². The number of benzene rings is 1. The standard InChI is InChI=1S/C19H20FN5OS/c1-13(19(26)23-15-5-3-2-4-14(15)20)24-7-9-25(10-8-24)18-17-16(6-11-27-17)21-12-22-18/h2-6,11-13H,7-10H2,1H3,(H,23,26)/t13-/m0/s1. The molecule has 0 bridgehead atoms. The summed E-state index contributed by atoms with van der Waals surface area (Å²) >= 11 is 1.64. The summed E-state index contributed by atoms with van der Waals surface area (Å²) in [6.07, 6.45) is 1.60. The molecule has 2 aromatic heterocycles. The molecule has 8 heteroatoms. The van der Waals surface area contributed by atoms with Crippen molar-refractivity contribution in [3.63, 3.8) is 0 Å². The molecular formula is C19H20FN5OS. The first-order valence-corrected chi connectivity index (χ1v) is 9.74. The van der Waals surface area contributed by atoms with Crippen LogP contribution in [0.1, 0.15) is 6.92 Å². The summed E-state index contributed by atoms with van der Waals surface area (Å²) < 4.78 is 14.8. The monoisotopic (exact) mass is 385 g/mol. The lowest BCUT2D eigenvalue weighted by Gasteiger charge is -2.38. The predicted molar refractivity (Wildman–Crippen MR) is 106 cm³/mol. The highest BCUT2D eigenvalue weighted by molar-refractivity contribution is 7.17. The second-order valence-corrected chi connectivity index (χ2v) is 7.42. The van der Waals surface area contributed by atoms with Crippen molar-refractivity contribution in [2.75, 3.05) is 36.4 Å². The van der Waals surface area contributed by atoms with E-state index in [-0.39, 0.29) is 17.6 Å². The molecule has 0 radical (unpaired) electrons. The number of fused-ring (bicyclic) bond motifs is 1. The van der Waals surface area contributed by atoms with E-state index in [1.165, 1.54) is 6.07 Å². The van der Waals surface area contributed by atoms with Crippen LogP contribution in [0.2, 0.25) is 0 Å². The number of rotatable bonds is 4. The molecular weight excluding hydrogens is 365 g/mol. The third-order valence-electron chi connectivity index (χ3n) is 4.90. The van der Waals surface area contributed by atoms with Crippen LogP contribution < -0.4 is 10.2 Å². The summed E-state index contributed by atoms with van der Waals surface area (Å²) in [4.78, 5) is 25.6. The van der Waals surface area contributed by atoms with Crippen LogP contribution in [-0.4, -0.2) is 53.0 Å². The second kappa shape index (κ2) is 7.58. The molecule has 0 spiro atoms. The molecule has 27 heavy (non-hydrogen) atoms. The Balaban J connectivity index is 1.39. The maximum absolute atomic E-state index is 13.7. The first-order valence-electron chi connectivity index (χ1n) is 8.86. The Hall–Kier alpha value is -2.58. The van der Waals surface area contributed by atoms with Crippen molar-refractivity contribution in [3.8, 4) is 0 Å². The molecule has 0 aliphatic carbocycles. The molecule has 0 unspecified atom stereocenters. The molecule has 1 saturated heterocycles. The van der Waals surface area contributed by atoms with Crippen LogP contribution in [0.5, 0.6) is 0 Å². The van der Waals surface area contributed by atoms with E-state index in [1.54, 1.807) is 35.9 Å². The maximum atomic E-state index is 13.7. The van der Waals surface area contributed by atoms with Crippen LogP contribution in [0.4, 0.5) is 15.9 Å². The Labute approximate surface area is 160 Å². The van der Waals surface area contributed by atoms with Gasteiger partial charge in [-0.3, -0.25) is 9.69 Å². The van der Waals surface area contributed by atoms with E-state index in [2.05, 4.69) is 25.1 Å². The highest BCUT2D eigenvalue weighted by Crippen LogP contribution is 2.28. The van der Waals surface area contributed by atoms with Gasteiger partial charge >= 0.3 is 0 Å². The molecule has 1 aliphatic heterocycles. The lowest BCUT2D eigenvalue weighted by atomic mass is 10.2. The number of anilines is 2. The molecule has 1 fully saturated rings. The summed E-state index contributed by atoms with van der Waals surface area (Å²) in [5.74, 6) is 0.334. The highest BCUT2D eigenvalue weighted by atomic mass is 32.1. The van der Waals surface area contributed by atoms with Crippen molar-refractivity contribution >= 4 is 39.0 Å². The van der Waals surface area contributed by atoms with E-state index in [0.29, 0.717) is 0 Å². The van der Waals surface area contributed by atoms with E-state index in [9.17, 15) is 9.18 Å². The number of piperazine rings is 1. The van der Waals surface area contributed by atoms with Crippen molar-refractivity contribution in [1.82, 2.24) is 14.9 Å². The highest BCUT2D eigenvalue weighted by Gasteiger charge is 2.27. The summed E-state index contributed by atoms with van der Waals surface area (Å²) in [5, 5.41) is 4.70. The summed E-state index contributed by atoms with van der Waals surface area (Å²) in [6.45, 7) is 4.89. The third kappa shape index (κ3) is 3.63. The largest absolute Gasteiger partial charge is 0.353 e. The molecule has 6 nitrogen and oxygen atoms in total. The molecule has 4 rings (SSSR count). The summed E-state index contributed by atoms with van der Waals surface area (Å²) in [6, 6.07) is 7.88. The van der Waals surface area contributed by atoms with Gasteiger partial charge in [-0.2, -0.15) is 0 Å².